The van der Waals surface area contributed by atoms with E-state index in [1.54, 1.807) is 6.07 Å². The van der Waals surface area contributed by atoms with Gasteiger partial charge in [-0.1, -0.05) is 11.6 Å². The molecule has 0 saturated carbocycles. The zero-order valence-electron chi connectivity index (χ0n) is 9.70. The van der Waals surface area contributed by atoms with E-state index in [0.717, 1.165) is 18.8 Å². The van der Waals surface area contributed by atoms with Crippen molar-refractivity contribution in [2.45, 2.75) is 25.3 Å². The van der Waals surface area contributed by atoms with E-state index in [9.17, 15) is 0 Å². The molecule has 16 heavy (non-hydrogen) atoms. The molecule has 2 heterocycles. The number of hydrogen-bond donors (Lipinski definition) is 1. The van der Waals surface area contributed by atoms with Gasteiger partial charge >= 0.3 is 0 Å². The van der Waals surface area contributed by atoms with E-state index in [1.165, 1.54) is 13.0 Å². The lowest BCUT2D eigenvalue weighted by atomic mass is 9.91. The Labute approximate surface area is 101 Å². The van der Waals surface area contributed by atoms with Crippen LogP contribution in [0.2, 0.25) is 5.15 Å². The molecule has 1 aliphatic rings. The summed E-state index contributed by atoms with van der Waals surface area (Å²) in [6.07, 6.45) is 2.36. The van der Waals surface area contributed by atoms with Gasteiger partial charge in [0.25, 0.3) is 0 Å². The van der Waals surface area contributed by atoms with Gasteiger partial charge in [0, 0.05) is 12.1 Å². The summed E-state index contributed by atoms with van der Waals surface area (Å²) in [7, 11) is 2.15. The zero-order chi connectivity index (χ0) is 11.6. The van der Waals surface area contributed by atoms with Gasteiger partial charge < -0.3 is 10.2 Å². The molecule has 4 nitrogen and oxygen atoms in total. The van der Waals surface area contributed by atoms with Crippen LogP contribution in [0.4, 0.5) is 5.82 Å². The number of anilines is 1. The number of nitrogens with zero attached hydrogens (tertiary/aromatic N) is 3. The summed E-state index contributed by atoms with van der Waals surface area (Å²) in [5.41, 5.74) is 0.0789. The van der Waals surface area contributed by atoms with Crippen molar-refractivity contribution in [3.05, 3.63) is 17.3 Å². The molecular formula is C11H17ClN4. The van der Waals surface area contributed by atoms with Crippen molar-refractivity contribution < 1.29 is 0 Å². The molecule has 1 N–H and O–H groups in total. The molecule has 5 heteroatoms. The van der Waals surface area contributed by atoms with E-state index in [-0.39, 0.29) is 5.54 Å². The summed E-state index contributed by atoms with van der Waals surface area (Å²) < 4.78 is 0. The fourth-order valence-corrected chi connectivity index (χ4v) is 2.39. The van der Waals surface area contributed by atoms with Crippen molar-refractivity contribution in [2.24, 2.45) is 0 Å². The van der Waals surface area contributed by atoms with Crippen LogP contribution in [0.25, 0.3) is 0 Å². The predicted octanol–water partition coefficient (Wildman–Crippen LogP) is 2.03. The lowest BCUT2D eigenvalue weighted by Crippen LogP contribution is -2.49. The van der Waals surface area contributed by atoms with Crippen LogP contribution < -0.4 is 5.32 Å². The number of halogens is 1. The maximum Gasteiger partial charge on any atom is 0.151 e. The molecular weight excluding hydrogens is 224 g/mol. The van der Waals surface area contributed by atoms with Crippen LogP contribution in [0.1, 0.15) is 19.8 Å². The first-order valence-electron chi connectivity index (χ1n) is 5.53. The highest BCUT2D eigenvalue weighted by molar-refractivity contribution is 6.29. The summed E-state index contributed by atoms with van der Waals surface area (Å²) in [4.78, 5) is 2.33. The average Bonchev–Trinajstić information content (AvgIpc) is 2.21. The molecule has 1 fully saturated rings. The van der Waals surface area contributed by atoms with Gasteiger partial charge in [-0.25, -0.2) is 0 Å². The summed E-state index contributed by atoms with van der Waals surface area (Å²) in [6, 6.07) is 3.63. The molecule has 1 aromatic rings. The Bertz CT molecular complexity index is 354. The third-order valence-corrected chi connectivity index (χ3v) is 3.15. The molecule has 0 amide bonds. The number of piperidine rings is 1. The first-order valence-corrected chi connectivity index (χ1v) is 5.91. The van der Waals surface area contributed by atoms with E-state index in [2.05, 4.69) is 34.4 Å². The molecule has 88 valence electrons. The Kier molecular flexibility index (Phi) is 3.30. The first-order chi connectivity index (χ1) is 7.57. The molecule has 2 rings (SSSR count). The fourth-order valence-electron chi connectivity index (χ4n) is 2.29. The Morgan fingerprint density at radius 1 is 1.44 bits per heavy atom. The van der Waals surface area contributed by atoms with E-state index < -0.39 is 0 Å². The maximum atomic E-state index is 5.70. The summed E-state index contributed by atoms with van der Waals surface area (Å²) in [5.74, 6) is 0.794. The van der Waals surface area contributed by atoms with Gasteiger partial charge in [0.1, 0.15) is 5.82 Å². The second-order valence-electron chi connectivity index (χ2n) is 4.77. The molecule has 0 aliphatic carbocycles. The van der Waals surface area contributed by atoms with E-state index in [1.807, 2.05) is 6.07 Å². The highest BCUT2D eigenvalue weighted by Crippen LogP contribution is 2.23. The van der Waals surface area contributed by atoms with Crippen LogP contribution in [-0.2, 0) is 0 Å². The normalized spacial score (nSPS) is 26.7. The van der Waals surface area contributed by atoms with Gasteiger partial charge in [-0.3, -0.25) is 0 Å². The third kappa shape index (κ3) is 2.83. The summed E-state index contributed by atoms with van der Waals surface area (Å²) >= 11 is 5.70. The number of hydrogen-bond acceptors (Lipinski definition) is 4. The highest BCUT2D eigenvalue weighted by atomic mass is 35.5. The quantitative estimate of drug-likeness (QED) is 0.859. The van der Waals surface area contributed by atoms with Crippen molar-refractivity contribution >= 4 is 17.4 Å². The van der Waals surface area contributed by atoms with Crippen LogP contribution in [0.3, 0.4) is 0 Å². The molecule has 0 spiro atoms. The smallest absolute Gasteiger partial charge is 0.151 e. The number of likely N-dealkylation sites (N-methyl/N-ethyl adjacent to an activating group) is 1. The number of rotatable bonds is 2. The minimum atomic E-state index is 0.0789. The van der Waals surface area contributed by atoms with Gasteiger partial charge in [-0.15, -0.1) is 10.2 Å². The van der Waals surface area contributed by atoms with Gasteiger partial charge in [-0.2, -0.15) is 0 Å². The second kappa shape index (κ2) is 4.55. The Morgan fingerprint density at radius 3 is 2.88 bits per heavy atom. The lowest BCUT2D eigenvalue weighted by molar-refractivity contribution is 0.206. The van der Waals surface area contributed by atoms with Crippen molar-refractivity contribution in [1.82, 2.24) is 15.1 Å². The maximum absolute atomic E-state index is 5.70. The molecule has 0 bridgehead atoms. The number of nitrogens with one attached hydrogen (secondary N) is 1. The minimum absolute atomic E-state index is 0.0789. The molecule has 1 aromatic heterocycles. The van der Waals surface area contributed by atoms with Crippen molar-refractivity contribution in [1.29, 1.82) is 0 Å². The summed E-state index contributed by atoms with van der Waals surface area (Å²) in [5, 5.41) is 11.7. The summed E-state index contributed by atoms with van der Waals surface area (Å²) in [6.45, 7) is 4.42. The van der Waals surface area contributed by atoms with E-state index in [4.69, 9.17) is 11.6 Å². The standard InChI is InChI=1S/C11H17ClN4/c1-11(6-3-7-16(2)8-11)13-10-5-4-9(12)14-15-10/h4-5H,3,6-8H2,1-2H3,(H,13,15)/t11-/m1/s1. The zero-order valence-corrected chi connectivity index (χ0v) is 10.5. The first kappa shape index (κ1) is 11.6. The Morgan fingerprint density at radius 2 is 2.25 bits per heavy atom. The monoisotopic (exact) mass is 240 g/mol. The lowest BCUT2D eigenvalue weighted by Gasteiger charge is -2.39. The van der Waals surface area contributed by atoms with Gasteiger partial charge in [-0.05, 0) is 45.5 Å². The van der Waals surface area contributed by atoms with Gasteiger partial charge in [0.15, 0.2) is 5.15 Å². The molecule has 1 saturated heterocycles. The third-order valence-electron chi connectivity index (χ3n) is 2.95. The van der Waals surface area contributed by atoms with Crippen LogP contribution in [0, 0.1) is 0 Å². The predicted molar refractivity (Wildman–Crippen MR) is 65.8 cm³/mol. The van der Waals surface area contributed by atoms with Crippen LogP contribution >= 0.6 is 11.6 Å². The average molecular weight is 241 g/mol. The topological polar surface area (TPSA) is 41.0 Å². The minimum Gasteiger partial charge on any atom is -0.362 e. The van der Waals surface area contributed by atoms with Crippen LogP contribution in [0.5, 0.6) is 0 Å². The Balaban J connectivity index is 2.05. The highest BCUT2D eigenvalue weighted by Gasteiger charge is 2.29. The molecule has 1 aliphatic heterocycles. The van der Waals surface area contributed by atoms with Crippen molar-refractivity contribution in [2.75, 3.05) is 25.5 Å². The SMILES string of the molecule is CN1CCC[C@@](C)(Nc2ccc(Cl)nn2)C1. The fraction of sp³-hybridized carbons (Fsp3) is 0.636. The molecule has 0 radical (unpaired) electrons. The van der Waals surface area contributed by atoms with Gasteiger partial charge in [0.05, 0.1) is 0 Å². The number of aromatic nitrogens is 2. The van der Waals surface area contributed by atoms with E-state index >= 15 is 0 Å². The van der Waals surface area contributed by atoms with Crippen molar-refractivity contribution in [3.63, 3.8) is 0 Å². The molecule has 0 unspecified atom stereocenters. The Hall–Kier alpha value is -0.870. The molecule has 1 atom stereocenters. The van der Waals surface area contributed by atoms with Crippen LogP contribution in [0.15, 0.2) is 12.1 Å². The second-order valence-corrected chi connectivity index (χ2v) is 5.16. The molecule has 0 aromatic carbocycles. The van der Waals surface area contributed by atoms with E-state index in [0.29, 0.717) is 5.15 Å². The van der Waals surface area contributed by atoms with Crippen LogP contribution in [-0.4, -0.2) is 40.8 Å². The largest absolute Gasteiger partial charge is 0.362 e. The number of likely N-dealkylation sites (tertiary alicyclic amines) is 1. The van der Waals surface area contributed by atoms with Gasteiger partial charge in [0.2, 0.25) is 0 Å². The van der Waals surface area contributed by atoms with Crippen molar-refractivity contribution in [3.8, 4) is 0 Å².